The third kappa shape index (κ3) is 2.77. The first-order chi connectivity index (χ1) is 8.74. The van der Waals surface area contributed by atoms with Crippen molar-refractivity contribution in [3.63, 3.8) is 0 Å². The van der Waals surface area contributed by atoms with Gasteiger partial charge in [-0.05, 0) is 12.1 Å². The van der Waals surface area contributed by atoms with Crippen molar-refractivity contribution in [1.29, 1.82) is 0 Å². The second-order valence-electron chi connectivity index (χ2n) is 4.50. The summed E-state index contributed by atoms with van der Waals surface area (Å²) in [6.07, 6.45) is 1.88. The molecule has 0 spiro atoms. The minimum Gasteiger partial charge on any atom is -0.375 e. The number of rotatable bonds is 2. The number of aromatic nitrogens is 1. The smallest absolute Gasteiger partial charge is 0.180 e. The van der Waals surface area contributed by atoms with Gasteiger partial charge in [-0.15, -0.1) is 23.7 Å². The molecule has 0 fully saturated rings. The number of anilines is 3. The number of nitrogen functional groups attached to an aromatic ring is 1. The topological polar surface area (TPSA) is 45.4 Å². The molecule has 102 valence electrons. The minimum atomic E-state index is 0. The van der Waals surface area contributed by atoms with Crippen LogP contribution >= 0.6 is 23.7 Å². The quantitative estimate of drug-likeness (QED) is 0.925. The number of hydrogen-bond donors (Lipinski definition) is 1. The van der Waals surface area contributed by atoms with Crippen LogP contribution in [0.25, 0.3) is 0 Å². The molecule has 1 aromatic heterocycles. The summed E-state index contributed by atoms with van der Waals surface area (Å²) >= 11 is 1.57. The molecule has 1 aliphatic heterocycles. The van der Waals surface area contributed by atoms with Crippen molar-refractivity contribution in [2.24, 2.45) is 0 Å². The molecule has 0 bridgehead atoms. The molecule has 0 amide bonds. The number of nitrogens with two attached hydrogens (primary N) is 1. The monoisotopic (exact) mass is 296 g/mol. The highest BCUT2D eigenvalue weighted by Gasteiger charge is 2.20. The number of hydrogen-bond acceptors (Lipinski definition) is 5. The zero-order valence-electron chi connectivity index (χ0n) is 10.7. The van der Waals surface area contributed by atoms with Crippen molar-refractivity contribution >= 4 is 40.3 Å². The van der Waals surface area contributed by atoms with E-state index in [1.807, 2.05) is 6.20 Å². The first-order valence-corrected chi connectivity index (χ1v) is 6.81. The predicted molar refractivity (Wildman–Crippen MR) is 84.5 cm³/mol. The number of thiazole rings is 1. The lowest BCUT2D eigenvalue weighted by atomic mass is 10.1. The fourth-order valence-corrected chi connectivity index (χ4v) is 3.01. The maximum absolute atomic E-state index is 5.68. The van der Waals surface area contributed by atoms with Crippen molar-refractivity contribution in [3.8, 4) is 0 Å². The zero-order valence-corrected chi connectivity index (χ0v) is 12.4. The highest BCUT2D eigenvalue weighted by atomic mass is 35.5. The maximum atomic E-state index is 5.68. The Morgan fingerprint density at radius 3 is 2.68 bits per heavy atom. The summed E-state index contributed by atoms with van der Waals surface area (Å²) in [5.74, 6) is 0. The summed E-state index contributed by atoms with van der Waals surface area (Å²) in [7, 11) is 2.14. The number of nitrogens with zero attached hydrogens (tertiary/aromatic N) is 3. The molecule has 0 aliphatic carbocycles. The van der Waals surface area contributed by atoms with Gasteiger partial charge in [0.05, 0.1) is 17.9 Å². The van der Waals surface area contributed by atoms with Crippen LogP contribution in [0.3, 0.4) is 0 Å². The Morgan fingerprint density at radius 1 is 1.26 bits per heavy atom. The average molecular weight is 297 g/mol. The summed E-state index contributed by atoms with van der Waals surface area (Å²) < 4.78 is 0. The first-order valence-electron chi connectivity index (χ1n) is 5.99. The van der Waals surface area contributed by atoms with Gasteiger partial charge < -0.3 is 15.5 Å². The lowest BCUT2D eigenvalue weighted by molar-refractivity contribution is 0.739. The van der Waals surface area contributed by atoms with Crippen molar-refractivity contribution in [3.05, 3.63) is 35.3 Å². The first kappa shape index (κ1) is 14.0. The molecule has 2 aromatic rings. The molecule has 6 heteroatoms. The van der Waals surface area contributed by atoms with Crippen LogP contribution in [0.1, 0.15) is 4.88 Å². The van der Waals surface area contributed by atoms with Crippen LogP contribution in [0.15, 0.2) is 30.5 Å². The van der Waals surface area contributed by atoms with Crippen LogP contribution in [0, 0.1) is 0 Å². The standard InChI is InChI=1S/C13H16N4S.ClH/c1-16-6-7-17(9-10-8-15-13(14)18-10)12-5-3-2-4-11(12)16;/h2-5,8H,6-7,9H2,1H3,(H2,14,15);1H. The van der Waals surface area contributed by atoms with Gasteiger partial charge in [0.15, 0.2) is 5.13 Å². The fourth-order valence-electron chi connectivity index (χ4n) is 2.31. The van der Waals surface area contributed by atoms with E-state index in [2.05, 4.69) is 46.1 Å². The van der Waals surface area contributed by atoms with Gasteiger partial charge in [0, 0.05) is 31.2 Å². The summed E-state index contributed by atoms with van der Waals surface area (Å²) in [6.45, 7) is 2.97. The number of para-hydroxylation sites is 2. The molecule has 0 saturated carbocycles. The lowest BCUT2D eigenvalue weighted by Gasteiger charge is -2.36. The minimum absolute atomic E-state index is 0. The lowest BCUT2D eigenvalue weighted by Crippen LogP contribution is -2.38. The molecule has 3 rings (SSSR count). The Kier molecular flexibility index (Phi) is 4.17. The number of likely N-dealkylation sites (N-methyl/N-ethyl adjacent to an activating group) is 1. The van der Waals surface area contributed by atoms with E-state index in [9.17, 15) is 0 Å². The molecule has 1 aliphatic rings. The van der Waals surface area contributed by atoms with E-state index in [1.165, 1.54) is 16.3 Å². The number of halogens is 1. The van der Waals surface area contributed by atoms with Gasteiger partial charge in [0.1, 0.15) is 0 Å². The van der Waals surface area contributed by atoms with Gasteiger partial charge in [-0.3, -0.25) is 0 Å². The SMILES string of the molecule is CN1CCN(Cc2cnc(N)s2)c2ccccc21.Cl. The summed E-state index contributed by atoms with van der Waals surface area (Å²) in [4.78, 5) is 10.0. The largest absolute Gasteiger partial charge is 0.375 e. The van der Waals surface area contributed by atoms with Crippen LogP contribution in [0.2, 0.25) is 0 Å². The Balaban J connectivity index is 0.00000133. The number of benzene rings is 1. The highest BCUT2D eigenvalue weighted by molar-refractivity contribution is 7.15. The van der Waals surface area contributed by atoms with E-state index >= 15 is 0 Å². The second-order valence-corrected chi connectivity index (χ2v) is 5.64. The van der Waals surface area contributed by atoms with Gasteiger partial charge in [0.2, 0.25) is 0 Å². The summed E-state index contributed by atoms with van der Waals surface area (Å²) in [6, 6.07) is 8.52. The van der Waals surface area contributed by atoms with Crippen LogP contribution in [-0.4, -0.2) is 25.1 Å². The molecular formula is C13H17ClN4S. The van der Waals surface area contributed by atoms with E-state index in [1.54, 1.807) is 11.3 Å². The molecule has 0 radical (unpaired) electrons. The van der Waals surface area contributed by atoms with E-state index in [0.29, 0.717) is 5.13 Å². The van der Waals surface area contributed by atoms with E-state index in [-0.39, 0.29) is 12.4 Å². The maximum Gasteiger partial charge on any atom is 0.180 e. The van der Waals surface area contributed by atoms with Gasteiger partial charge in [-0.25, -0.2) is 4.98 Å². The fraction of sp³-hybridized carbons (Fsp3) is 0.308. The van der Waals surface area contributed by atoms with Crippen molar-refractivity contribution in [1.82, 2.24) is 4.98 Å². The Morgan fingerprint density at radius 2 is 2.00 bits per heavy atom. The van der Waals surface area contributed by atoms with E-state index < -0.39 is 0 Å². The number of fused-ring (bicyclic) bond motifs is 1. The van der Waals surface area contributed by atoms with Crippen LogP contribution < -0.4 is 15.5 Å². The highest BCUT2D eigenvalue weighted by Crippen LogP contribution is 2.33. The molecule has 2 heterocycles. The third-order valence-corrected chi connectivity index (χ3v) is 4.07. The molecule has 0 saturated heterocycles. The Labute approximate surface area is 123 Å². The Hall–Kier alpha value is -1.46. The van der Waals surface area contributed by atoms with Crippen LogP contribution in [-0.2, 0) is 6.54 Å². The zero-order chi connectivity index (χ0) is 12.5. The van der Waals surface area contributed by atoms with Gasteiger partial charge >= 0.3 is 0 Å². The summed E-state index contributed by atoms with van der Waals surface area (Å²) in [5.41, 5.74) is 8.26. The van der Waals surface area contributed by atoms with Crippen LogP contribution in [0.5, 0.6) is 0 Å². The molecule has 1 aromatic carbocycles. The molecule has 19 heavy (non-hydrogen) atoms. The molecular weight excluding hydrogens is 280 g/mol. The molecule has 4 nitrogen and oxygen atoms in total. The summed E-state index contributed by atoms with van der Waals surface area (Å²) in [5, 5.41) is 0.646. The normalized spacial score (nSPS) is 13.9. The average Bonchev–Trinajstić information content (AvgIpc) is 2.79. The van der Waals surface area contributed by atoms with Gasteiger partial charge in [-0.2, -0.15) is 0 Å². The van der Waals surface area contributed by atoms with Crippen molar-refractivity contribution in [2.45, 2.75) is 6.54 Å². The van der Waals surface area contributed by atoms with E-state index in [4.69, 9.17) is 5.73 Å². The predicted octanol–water partition coefficient (Wildman–Crippen LogP) is 2.60. The van der Waals surface area contributed by atoms with E-state index in [0.717, 1.165) is 19.6 Å². The molecule has 0 unspecified atom stereocenters. The van der Waals surface area contributed by atoms with Crippen molar-refractivity contribution < 1.29 is 0 Å². The third-order valence-electron chi connectivity index (χ3n) is 3.26. The molecule has 2 N–H and O–H groups in total. The van der Waals surface area contributed by atoms with Gasteiger partial charge in [-0.1, -0.05) is 12.1 Å². The van der Waals surface area contributed by atoms with Crippen molar-refractivity contribution in [2.75, 3.05) is 35.7 Å². The molecule has 0 atom stereocenters. The second kappa shape index (κ2) is 5.67. The van der Waals surface area contributed by atoms with Gasteiger partial charge in [0.25, 0.3) is 0 Å². The van der Waals surface area contributed by atoms with Crippen LogP contribution in [0.4, 0.5) is 16.5 Å². The Bertz CT molecular complexity index is 557.